The Balaban J connectivity index is 1.99. The van der Waals surface area contributed by atoms with E-state index >= 15 is 0 Å². The molecule has 0 bridgehead atoms. The first-order chi connectivity index (χ1) is 11.9. The van der Waals surface area contributed by atoms with Gasteiger partial charge in [-0.3, -0.25) is 4.68 Å². The van der Waals surface area contributed by atoms with Crippen LogP contribution in [0, 0.1) is 5.82 Å². The van der Waals surface area contributed by atoms with Crippen molar-refractivity contribution in [1.82, 2.24) is 19.7 Å². The number of nitrogens with one attached hydrogen (secondary N) is 1. The van der Waals surface area contributed by atoms with Crippen molar-refractivity contribution in [2.75, 3.05) is 19.5 Å². The first kappa shape index (κ1) is 17.2. The van der Waals surface area contributed by atoms with Crippen LogP contribution in [0.25, 0.3) is 11.0 Å². The number of hydrogen-bond acceptors (Lipinski definition) is 6. The van der Waals surface area contributed by atoms with Gasteiger partial charge < -0.3 is 14.8 Å². The number of ether oxygens (including phenoxy) is 2. The smallest absolute Gasteiger partial charge is 0.226 e. The molecule has 0 spiro atoms. The van der Waals surface area contributed by atoms with Crippen LogP contribution < -0.4 is 14.8 Å². The molecule has 0 aliphatic heterocycles. The third kappa shape index (κ3) is 3.17. The molecular weight excluding hydrogens is 349 g/mol. The normalized spacial score (nSPS) is 12.2. The molecule has 0 amide bonds. The number of halogens is 2. The number of aromatic nitrogens is 4. The highest BCUT2D eigenvalue weighted by molar-refractivity contribution is 6.28. The minimum atomic E-state index is -0.416. The summed E-state index contributed by atoms with van der Waals surface area (Å²) in [7, 11) is 4.72. The summed E-state index contributed by atoms with van der Waals surface area (Å²) >= 11 is 5.99. The minimum absolute atomic E-state index is 0.0820. The zero-order chi connectivity index (χ0) is 18.1. The SMILES string of the molecule is COc1cc(F)c(C(C)Nc2nc(Cl)nc3c2cnn3C)cc1OC. The maximum atomic E-state index is 14.5. The number of anilines is 1. The molecule has 0 radical (unpaired) electrons. The number of benzene rings is 1. The highest BCUT2D eigenvalue weighted by atomic mass is 35.5. The summed E-state index contributed by atoms with van der Waals surface area (Å²) in [6, 6.07) is 2.47. The summed E-state index contributed by atoms with van der Waals surface area (Å²) < 4.78 is 26.4. The van der Waals surface area contributed by atoms with Crippen LogP contribution in [0.5, 0.6) is 11.5 Å². The lowest BCUT2D eigenvalue weighted by atomic mass is 10.1. The van der Waals surface area contributed by atoms with Gasteiger partial charge in [0.25, 0.3) is 0 Å². The summed E-state index contributed by atoms with van der Waals surface area (Å²) in [5.41, 5.74) is 0.993. The topological polar surface area (TPSA) is 74.1 Å². The molecule has 2 heterocycles. The molecule has 3 rings (SSSR count). The Morgan fingerprint density at radius 1 is 1.20 bits per heavy atom. The minimum Gasteiger partial charge on any atom is -0.493 e. The van der Waals surface area contributed by atoms with Gasteiger partial charge in [0, 0.05) is 18.7 Å². The van der Waals surface area contributed by atoms with Gasteiger partial charge in [0.2, 0.25) is 5.28 Å². The summed E-state index contributed by atoms with van der Waals surface area (Å²) in [5.74, 6) is 0.834. The summed E-state index contributed by atoms with van der Waals surface area (Å²) in [6.45, 7) is 1.81. The number of hydrogen-bond donors (Lipinski definition) is 1. The Morgan fingerprint density at radius 3 is 2.56 bits per heavy atom. The van der Waals surface area contributed by atoms with Crippen LogP contribution >= 0.6 is 11.6 Å². The predicted molar refractivity (Wildman–Crippen MR) is 92.9 cm³/mol. The van der Waals surface area contributed by atoms with E-state index in [4.69, 9.17) is 21.1 Å². The van der Waals surface area contributed by atoms with Gasteiger partial charge in [0.15, 0.2) is 17.1 Å². The van der Waals surface area contributed by atoms with E-state index in [1.165, 1.54) is 20.3 Å². The lowest BCUT2D eigenvalue weighted by molar-refractivity contribution is 0.351. The lowest BCUT2D eigenvalue weighted by Gasteiger charge is -2.18. The van der Waals surface area contributed by atoms with Gasteiger partial charge in [-0.25, -0.2) is 4.39 Å². The zero-order valence-corrected chi connectivity index (χ0v) is 14.9. The van der Waals surface area contributed by atoms with Crippen molar-refractivity contribution in [3.8, 4) is 11.5 Å². The molecule has 1 unspecified atom stereocenters. The Morgan fingerprint density at radius 2 is 1.88 bits per heavy atom. The molecule has 9 heteroatoms. The molecule has 0 saturated heterocycles. The van der Waals surface area contributed by atoms with E-state index in [-0.39, 0.29) is 5.28 Å². The Kier molecular flexibility index (Phi) is 4.63. The van der Waals surface area contributed by atoms with Gasteiger partial charge in [-0.05, 0) is 24.6 Å². The maximum absolute atomic E-state index is 14.5. The molecule has 1 atom stereocenters. The lowest BCUT2D eigenvalue weighted by Crippen LogP contribution is -2.11. The van der Waals surface area contributed by atoms with Gasteiger partial charge in [-0.15, -0.1) is 0 Å². The van der Waals surface area contributed by atoms with Crippen LogP contribution in [0.1, 0.15) is 18.5 Å². The van der Waals surface area contributed by atoms with E-state index in [9.17, 15) is 4.39 Å². The van der Waals surface area contributed by atoms with Crippen LogP contribution in [-0.4, -0.2) is 34.0 Å². The molecule has 1 N–H and O–H groups in total. The summed E-state index contributed by atoms with van der Waals surface area (Å²) in [4.78, 5) is 8.35. The van der Waals surface area contributed by atoms with Gasteiger partial charge >= 0.3 is 0 Å². The molecule has 3 aromatic rings. The second-order valence-electron chi connectivity index (χ2n) is 5.44. The first-order valence-electron chi connectivity index (χ1n) is 7.47. The molecule has 0 saturated carbocycles. The molecule has 25 heavy (non-hydrogen) atoms. The number of methoxy groups -OCH3 is 2. The number of fused-ring (bicyclic) bond motifs is 1. The molecular formula is C16H17ClFN5O2. The van der Waals surface area contributed by atoms with Gasteiger partial charge in [0.05, 0.1) is 31.8 Å². The third-order valence-corrected chi connectivity index (χ3v) is 4.06. The van der Waals surface area contributed by atoms with Crippen LogP contribution in [0.15, 0.2) is 18.3 Å². The van der Waals surface area contributed by atoms with Gasteiger partial charge in [-0.2, -0.15) is 15.1 Å². The monoisotopic (exact) mass is 365 g/mol. The van der Waals surface area contributed by atoms with E-state index in [0.717, 1.165) is 0 Å². The van der Waals surface area contributed by atoms with E-state index in [0.29, 0.717) is 33.9 Å². The van der Waals surface area contributed by atoms with Crippen molar-refractivity contribution < 1.29 is 13.9 Å². The maximum Gasteiger partial charge on any atom is 0.226 e. The van der Waals surface area contributed by atoms with Crippen LogP contribution in [0.2, 0.25) is 5.28 Å². The highest BCUT2D eigenvalue weighted by Crippen LogP contribution is 2.34. The van der Waals surface area contributed by atoms with Crippen LogP contribution in [-0.2, 0) is 7.05 Å². The van der Waals surface area contributed by atoms with Crippen molar-refractivity contribution in [2.24, 2.45) is 7.05 Å². The van der Waals surface area contributed by atoms with Crippen LogP contribution in [0.3, 0.4) is 0 Å². The molecule has 0 fully saturated rings. The van der Waals surface area contributed by atoms with E-state index in [1.807, 2.05) is 6.92 Å². The summed E-state index contributed by atoms with van der Waals surface area (Å²) in [6.07, 6.45) is 1.63. The second-order valence-corrected chi connectivity index (χ2v) is 5.78. The fraction of sp³-hybridized carbons (Fsp3) is 0.312. The highest BCUT2D eigenvalue weighted by Gasteiger charge is 2.19. The van der Waals surface area contributed by atoms with E-state index in [2.05, 4.69) is 20.4 Å². The molecule has 0 aliphatic rings. The fourth-order valence-electron chi connectivity index (χ4n) is 2.59. The van der Waals surface area contributed by atoms with Crippen molar-refractivity contribution in [3.63, 3.8) is 0 Å². The van der Waals surface area contributed by atoms with Gasteiger partial charge in [0.1, 0.15) is 11.6 Å². The van der Waals surface area contributed by atoms with Crippen molar-refractivity contribution >= 4 is 28.5 Å². The van der Waals surface area contributed by atoms with E-state index in [1.54, 1.807) is 24.0 Å². The predicted octanol–water partition coefficient (Wildman–Crippen LogP) is 3.35. The molecule has 1 aromatic carbocycles. The molecule has 7 nitrogen and oxygen atoms in total. The number of nitrogens with zero attached hydrogens (tertiary/aromatic N) is 4. The average Bonchev–Trinajstić information content (AvgIpc) is 2.95. The summed E-state index contributed by atoms with van der Waals surface area (Å²) in [5, 5.41) is 8.09. The third-order valence-electron chi connectivity index (χ3n) is 3.89. The van der Waals surface area contributed by atoms with Crippen molar-refractivity contribution in [1.29, 1.82) is 0 Å². The van der Waals surface area contributed by atoms with Gasteiger partial charge in [-0.1, -0.05) is 0 Å². The standard InChI is InChI=1S/C16H17ClFN5O2/c1-8(9-5-12(24-3)13(25-4)6-11(9)18)20-14-10-7-19-23(2)15(10)22-16(17)21-14/h5-8H,1-4H3,(H,20,21,22). The molecule has 2 aromatic heterocycles. The number of rotatable bonds is 5. The Bertz CT molecular complexity index is 931. The van der Waals surface area contributed by atoms with E-state index < -0.39 is 11.9 Å². The first-order valence-corrected chi connectivity index (χ1v) is 7.85. The molecule has 132 valence electrons. The average molecular weight is 366 g/mol. The second kappa shape index (κ2) is 6.72. The van der Waals surface area contributed by atoms with Crippen LogP contribution in [0.4, 0.5) is 10.2 Å². The Labute approximate surface area is 148 Å². The van der Waals surface area contributed by atoms with Crippen molar-refractivity contribution in [2.45, 2.75) is 13.0 Å². The Hall–Kier alpha value is -2.61. The molecule has 0 aliphatic carbocycles. The number of aryl methyl sites for hydroxylation is 1. The fourth-order valence-corrected chi connectivity index (χ4v) is 2.75. The quantitative estimate of drug-likeness (QED) is 0.699. The van der Waals surface area contributed by atoms with Crippen molar-refractivity contribution in [3.05, 3.63) is 35.0 Å². The zero-order valence-electron chi connectivity index (χ0n) is 14.2. The largest absolute Gasteiger partial charge is 0.493 e.